The van der Waals surface area contributed by atoms with Gasteiger partial charge in [0.15, 0.2) is 5.78 Å². The number of carbonyl (C=O) groups excluding carboxylic acids is 3. The molecule has 2 N–H and O–H groups in total. The largest absolute Gasteiger partial charge is 0.507 e. The molecule has 9 nitrogen and oxygen atoms in total. The van der Waals surface area contributed by atoms with E-state index < -0.39 is 16.6 Å². The summed E-state index contributed by atoms with van der Waals surface area (Å²) in [5.74, 6) is -1.79. The highest BCUT2D eigenvalue weighted by Crippen LogP contribution is 2.37. The van der Waals surface area contributed by atoms with Gasteiger partial charge in [-0.05, 0) is 24.3 Å². The van der Waals surface area contributed by atoms with Crippen LogP contribution >= 0.6 is 0 Å². The Hall–Kier alpha value is -4.79. The molecule has 0 bridgehead atoms. The molecule has 0 fully saturated rings. The number of hydrogen-bond donors (Lipinski definition) is 2. The highest BCUT2D eigenvalue weighted by atomic mass is 16.6. The van der Waals surface area contributed by atoms with Crippen molar-refractivity contribution in [3.05, 3.63) is 100 Å². The number of ketones is 1. The van der Waals surface area contributed by atoms with Gasteiger partial charge in [0.25, 0.3) is 11.6 Å². The molecule has 0 saturated carbocycles. The lowest BCUT2D eigenvalue weighted by atomic mass is 10.0. The van der Waals surface area contributed by atoms with Crippen LogP contribution in [0.5, 0.6) is 5.75 Å². The molecule has 170 valence electrons. The molecule has 4 rings (SSSR count). The number of nitrogens with zero attached hydrogens (tertiary/aromatic N) is 2. The number of para-hydroxylation sites is 2. The minimum atomic E-state index is -0.663. The predicted molar refractivity (Wildman–Crippen MR) is 126 cm³/mol. The Labute approximate surface area is 194 Å². The number of hydrogen-bond acceptors (Lipinski definition) is 6. The molecular weight excluding hydrogens is 438 g/mol. The van der Waals surface area contributed by atoms with E-state index in [4.69, 9.17) is 0 Å². The van der Waals surface area contributed by atoms with Crippen molar-refractivity contribution in [3.63, 3.8) is 0 Å². The van der Waals surface area contributed by atoms with Gasteiger partial charge in [0.2, 0.25) is 5.91 Å². The predicted octanol–water partition coefficient (Wildman–Crippen LogP) is 3.94. The molecule has 0 atom stereocenters. The number of allylic oxidation sites excluding steroid dienone is 1. The molecule has 9 heteroatoms. The minimum absolute atomic E-state index is 0.205. The van der Waals surface area contributed by atoms with Crippen molar-refractivity contribution < 1.29 is 24.4 Å². The van der Waals surface area contributed by atoms with E-state index in [0.29, 0.717) is 16.9 Å². The summed E-state index contributed by atoms with van der Waals surface area (Å²) < 4.78 is 0. The van der Waals surface area contributed by atoms with Crippen LogP contribution in [0.3, 0.4) is 0 Å². The second-order valence-corrected chi connectivity index (χ2v) is 7.53. The first-order valence-electron chi connectivity index (χ1n) is 10.3. The Balaban J connectivity index is 1.55. The number of non-ortho nitro benzene ring substituents is 1. The van der Waals surface area contributed by atoms with Crippen LogP contribution in [-0.2, 0) is 9.59 Å². The molecule has 2 amide bonds. The van der Waals surface area contributed by atoms with Crippen molar-refractivity contribution in [2.75, 3.05) is 16.8 Å². The molecule has 3 aromatic carbocycles. The average Bonchev–Trinajstić information content (AvgIpc) is 3.09. The summed E-state index contributed by atoms with van der Waals surface area (Å²) in [6.07, 6.45) is 1.14. The summed E-state index contributed by atoms with van der Waals surface area (Å²) in [7, 11) is 0. The number of nitro benzene ring substituents is 1. The van der Waals surface area contributed by atoms with Gasteiger partial charge in [-0.3, -0.25) is 29.4 Å². The number of Topliss-reactive ketones (excluding diaryl/α,β-unsaturated/α-hetero) is 1. The van der Waals surface area contributed by atoms with E-state index in [9.17, 15) is 29.6 Å². The fourth-order valence-corrected chi connectivity index (χ4v) is 3.69. The topological polar surface area (TPSA) is 130 Å². The van der Waals surface area contributed by atoms with Gasteiger partial charge in [-0.25, -0.2) is 0 Å². The average molecular weight is 457 g/mol. The van der Waals surface area contributed by atoms with Crippen molar-refractivity contribution in [1.29, 1.82) is 0 Å². The lowest BCUT2D eigenvalue weighted by molar-refractivity contribution is -0.384. The zero-order valence-electron chi connectivity index (χ0n) is 17.8. The minimum Gasteiger partial charge on any atom is -0.507 e. The lowest BCUT2D eigenvalue weighted by Crippen LogP contribution is -2.35. The maximum Gasteiger partial charge on any atom is 0.270 e. The third-order valence-corrected chi connectivity index (χ3v) is 5.30. The van der Waals surface area contributed by atoms with E-state index in [1.807, 2.05) is 6.07 Å². The fraction of sp³-hybridized carbons (Fsp3) is 0.0800. The third kappa shape index (κ3) is 4.53. The van der Waals surface area contributed by atoms with Crippen molar-refractivity contribution in [2.45, 2.75) is 6.42 Å². The van der Waals surface area contributed by atoms with Crippen LogP contribution in [0.25, 0.3) is 5.57 Å². The molecule has 3 aromatic rings. The highest BCUT2D eigenvalue weighted by molar-refractivity contribution is 6.33. The van der Waals surface area contributed by atoms with Gasteiger partial charge < -0.3 is 10.4 Å². The molecule has 0 radical (unpaired) electrons. The first-order valence-corrected chi connectivity index (χ1v) is 10.3. The Morgan fingerprint density at radius 1 is 1.03 bits per heavy atom. The van der Waals surface area contributed by atoms with Crippen LogP contribution in [0.4, 0.5) is 17.1 Å². The van der Waals surface area contributed by atoms with Gasteiger partial charge in [0, 0.05) is 35.4 Å². The summed E-state index contributed by atoms with van der Waals surface area (Å²) in [4.78, 5) is 50.0. The SMILES string of the molecule is O=C(CN1C(=O)/C(=C/CC(=O)c2cc([N+](=O)[O-])ccc2O)c2ccccc21)Nc1ccccc1. The second-order valence-electron chi connectivity index (χ2n) is 7.53. The monoisotopic (exact) mass is 457 g/mol. The van der Waals surface area contributed by atoms with E-state index >= 15 is 0 Å². The Morgan fingerprint density at radius 3 is 2.47 bits per heavy atom. The van der Waals surface area contributed by atoms with Crippen LogP contribution in [-0.4, -0.2) is 34.2 Å². The van der Waals surface area contributed by atoms with E-state index in [2.05, 4.69) is 5.32 Å². The number of rotatable bonds is 7. The summed E-state index contributed by atoms with van der Waals surface area (Å²) in [5, 5.41) is 23.7. The molecular formula is C25H19N3O6. The van der Waals surface area contributed by atoms with Gasteiger partial charge in [0.1, 0.15) is 12.3 Å². The number of anilines is 2. The number of nitro groups is 1. The van der Waals surface area contributed by atoms with Crippen LogP contribution in [0.2, 0.25) is 0 Å². The molecule has 0 unspecified atom stereocenters. The molecule has 0 aliphatic carbocycles. The molecule has 1 heterocycles. The van der Waals surface area contributed by atoms with Crippen LogP contribution in [0.1, 0.15) is 22.3 Å². The number of benzene rings is 3. The lowest BCUT2D eigenvalue weighted by Gasteiger charge is -2.16. The van der Waals surface area contributed by atoms with Crippen LogP contribution in [0.15, 0.2) is 78.9 Å². The summed E-state index contributed by atoms with van der Waals surface area (Å²) >= 11 is 0. The Kier molecular flexibility index (Phi) is 6.18. The van der Waals surface area contributed by atoms with Crippen LogP contribution in [0, 0.1) is 10.1 Å². The van der Waals surface area contributed by atoms with Crippen molar-refractivity contribution in [2.24, 2.45) is 0 Å². The van der Waals surface area contributed by atoms with Gasteiger partial charge in [-0.15, -0.1) is 0 Å². The zero-order valence-corrected chi connectivity index (χ0v) is 17.8. The van der Waals surface area contributed by atoms with Crippen molar-refractivity contribution in [3.8, 4) is 5.75 Å². The molecule has 0 aromatic heterocycles. The number of carbonyl (C=O) groups is 3. The smallest absolute Gasteiger partial charge is 0.270 e. The van der Waals surface area contributed by atoms with E-state index in [1.165, 1.54) is 11.0 Å². The Morgan fingerprint density at radius 2 is 1.74 bits per heavy atom. The Bertz CT molecular complexity index is 1330. The number of phenolic OH excluding ortho intramolecular Hbond substituents is 1. The number of phenols is 1. The quantitative estimate of drug-likeness (QED) is 0.239. The number of aromatic hydroxyl groups is 1. The normalized spacial score (nSPS) is 13.6. The zero-order chi connectivity index (χ0) is 24.2. The summed E-state index contributed by atoms with van der Waals surface area (Å²) in [5.41, 5.74) is 1.41. The standard InChI is InChI=1S/C25H19N3O6/c29-22-12-10-17(28(33)34)14-20(22)23(30)13-11-19-18-8-4-5-9-21(18)27(25(19)32)15-24(31)26-16-6-2-1-3-7-16/h1-12,14,29H,13,15H2,(H,26,31)/b19-11+. The number of fused-ring (bicyclic) bond motifs is 1. The fourth-order valence-electron chi connectivity index (χ4n) is 3.69. The molecule has 1 aliphatic rings. The van der Waals surface area contributed by atoms with Gasteiger partial charge in [-0.2, -0.15) is 0 Å². The van der Waals surface area contributed by atoms with Crippen molar-refractivity contribution >= 4 is 40.2 Å². The van der Waals surface area contributed by atoms with Gasteiger partial charge in [-0.1, -0.05) is 42.5 Å². The molecule has 0 spiro atoms. The van der Waals surface area contributed by atoms with E-state index in [-0.39, 0.29) is 41.4 Å². The highest BCUT2D eigenvalue weighted by Gasteiger charge is 2.33. The van der Waals surface area contributed by atoms with E-state index in [1.54, 1.807) is 48.5 Å². The molecule has 34 heavy (non-hydrogen) atoms. The maximum atomic E-state index is 13.1. The summed E-state index contributed by atoms with van der Waals surface area (Å²) in [6.45, 7) is -0.221. The second kappa shape index (κ2) is 9.37. The van der Waals surface area contributed by atoms with Gasteiger partial charge in [0.05, 0.1) is 16.2 Å². The number of amides is 2. The first kappa shape index (κ1) is 22.4. The first-order chi connectivity index (χ1) is 16.3. The van der Waals surface area contributed by atoms with Gasteiger partial charge >= 0.3 is 0 Å². The molecule has 0 saturated heterocycles. The number of nitrogens with one attached hydrogen (secondary N) is 1. The van der Waals surface area contributed by atoms with Crippen LogP contribution < -0.4 is 10.2 Å². The maximum absolute atomic E-state index is 13.1. The molecule has 1 aliphatic heterocycles. The van der Waals surface area contributed by atoms with Crippen molar-refractivity contribution in [1.82, 2.24) is 0 Å². The van der Waals surface area contributed by atoms with E-state index in [0.717, 1.165) is 18.2 Å². The third-order valence-electron chi connectivity index (χ3n) is 5.30. The summed E-state index contributed by atoms with van der Waals surface area (Å²) in [6, 6.07) is 18.9.